The molecule has 0 spiro atoms. The maximum Gasteiger partial charge on any atom is 0.175 e. The maximum absolute atomic E-state index is 14.5. The SMILES string of the molecule is CCCC1CCC(CCc2cc3ccc(OC)c(F)c3c(F)c2F)CC1. The third-order valence-electron chi connectivity index (χ3n) is 5.87. The Morgan fingerprint density at radius 3 is 2.19 bits per heavy atom. The van der Waals surface area contributed by atoms with Crippen molar-refractivity contribution >= 4 is 10.8 Å². The number of rotatable bonds is 6. The van der Waals surface area contributed by atoms with Gasteiger partial charge in [0.2, 0.25) is 0 Å². The molecule has 0 aromatic heterocycles. The van der Waals surface area contributed by atoms with Gasteiger partial charge in [-0.1, -0.05) is 51.5 Å². The summed E-state index contributed by atoms with van der Waals surface area (Å²) < 4.78 is 48.1. The summed E-state index contributed by atoms with van der Waals surface area (Å²) in [6.45, 7) is 2.22. The lowest BCUT2D eigenvalue weighted by molar-refractivity contribution is 0.251. The minimum atomic E-state index is -1.11. The van der Waals surface area contributed by atoms with E-state index in [2.05, 4.69) is 6.92 Å². The topological polar surface area (TPSA) is 9.23 Å². The van der Waals surface area contributed by atoms with E-state index in [1.165, 1.54) is 51.7 Å². The van der Waals surface area contributed by atoms with Crippen LogP contribution in [-0.4, -0.2) is 7.11 Å². The molecule has 2 aromatic rings. The first-order valence-electron chi connectivity index (χ1n) is 9.68. The zero-order valence-corrected chi connectivity index (χ0v) is 15.6. The molecule has 1 saturated carbocycles. The first-order chi connectivity index (χ1) is 12.5. The van der Waals surface area contributed by atoms with Gasteiger partial charge in [-0.2, -0.15) is 0 Å². The second-order valence-electron chi connectivity index (χ2n) is 7.56. The van der Waals surface area contributed by atoms with E-state index < -0.39 is 17.5 Å². The Bertz CT molecular complexity index is 764. The third-order valence-corrected chi connectivity index (χ3v) is 5.87. The van der Waals surface area contributed by atoms with Gasteiger partial charge in [-0.3, -0.25) is 0 Å². The number of hydrogen-bond acceptors (Lipinski definition) is 1. The molecule has 0 bridgehead atoms. The smallest absolute Gasteiger partial charge is 0.175 e. The quantitative estimate of drug-likeness (QED) is 0.547. The molecule has 142 valence electrons. The molecule has 1 fully saturated rings. The van der Waals surface area contributed by atoms with Crippen LogP contribution in [0.3, 0.4) is 0 Å². The molecule has 0 saturated heterocycles. The average Bonchev–Trinajstić information content (AvgIpc) is 2.65. The second-order valence-corrected chi connectivity index (χ2v) is 7.56. The van der Waals surface area contributed by atoms with E-state index in [4.69, 9.17) is 4.74 Å². The van der Waals surface area contributed by atoms with Crippen LogP contribution in [-0.2, 0) is 6.42 Å². The molecule has 3 rings (SSSR count). The molecule has 0 radical (unpaired) electrons. The first-order valence-corrected chi connectivity index (χ1v) is 9.68. The van der Waals surface area contributed by atoms with Gasteiger partial charge in [-0.25, -0.2) is 13.2 Å². The summed E-state index contributed by atoms with van der Waals surface area (Å²) in [4.78, 5) is 0. The predicted molar refractivity (Wildman–Crippen MR) is 99.1 cm³/mol. The fraction of sp³-hybridized carbons (Fsp3) is 0.545. The van der Waals surface area contributed by atoms with Crippen LogP contribution in [0.15, 0.2) is 18.2 Å². The number of halogens is 3. The number of methoxy groups -OCH3 is 1. The van der Waals surface area contributed by atoms with Crippen molar-refractivity contribution in [2.24, 2.45) is 11.8 Å². The Balaban J connectivity index is 1.74. The fourth-order valence-corrected chi connectivity index (χ4v) is 4.33. The van der Waals surface area contributed by atoms with Crippen LogP contribution in [0.4, 0.5) is 13.2 Å². The van der Waals surface area contributed by atoms with Crippen molar-refractivity contribution in [1.82, 2.24) is 0 Å². The minimum Gasteiger partial charge on any atom is -0.494 e. The highest BCUT2D eigenvalue weighted by Crippen LogP contribution is 2.35. The van der Waals surface area contributed by atoms with Crippen molar-refractivity contribution < 1.29 is 17.9 Å². The van der Waals surface area contributed by atoms with Gasteiger partial charge in [0.05, 0.1) is 12.5 Å². The van der Waals surface area contributed by atoms with E-state index in [9.17, 15) is 13.2 Å². The van der Waals surface area contributed by atoms with Crippen LogP contribution in [0, 0.1) is 29.3 Å². The van der Waals surface area contributed by atoms with Gasteiger partial charge in [0, 0.05) is 0 Å². The summed E-state index contributed by atoms with van der Waals surface area (Å²) in [6.07, 6.45) is 8.73. The number of aryl methyl sites for hydroxylation is 1. The Labute approximate surface area is 153 Å². The van der Waals surface area contributed by atoms with Crippen molar-refractivity contribution in [3.63, 3.8) is 0 Å². The van der Waals surface area contributed by atoms with Gasteiger partial charge in [-0.05, 0) is 47.8 Å². The Kier molecular flexibility index (Phi) is 6.10. The molecule has 26 heavy (non-hydrogen) atoms. The van der Waals surface area contributed by atoms with Gasteiger partial charge in [0.25, 0.3) is 0 Å². The molecule has 0 heterocycles. The molecule has 1 nitrogen and oxygen atoms in total. The maximum atomic E-state index is 14.5. The standard InChI is InChI=1S/C22H27F3O/c1-3-4-14-5-7-15(8-6-14)9-10-17-13-16-11-12-18(26-2)21(24)19(16)22(25)20(17)23/h11-15H,3-10H2,1-2H3. The summed E-state index contributed by atoms with van der Waals surface area (Å²) in [7, 11) is 1.31. The Hall–Kier alpha value is -1.71. The molecular weight excluding hydrogens is 337 g/mol. The normalized spacial score (nSPS) is 20.5. The van der Waals surface area contributed by atoms with Gasteiger partial charge in [0.15, 0.2) is 23.2 Å². The molecule has 0 atom stereocenters. The van der Waals surface area contributed by atoms with E-state index in [0.29, 0.717) is 23.3 Å². The monoisotopic (exact) mass is 364 g/mol. The molecule has 0 aliphatic heterocycles. The zero-order valence-electron chi connectivity index (χ0n) is 15.6. The molecule has 0 N–H and O–H groups in total. The highest BCUT2D eigenvalue weighted by Gasteiger charge is 2.23. The number of benzene rings is 2. The van der Waals surface area contributed by atoms with Crippen molar-refractivity contribution in [3.05, 3.63) is 41.2 Å². The molecule has 2 aromatic carbocycles. The van der Waals surface area contributed by atoms with E-state index in [-0.39, 0.29) is 11.1 Å². The summed E-state index contributed by atoms with van der Waals surface area (Å²) in [5.74, 6) is -1.54. The summed E-state index contributed by atoms with van der Waals surface area (Å²) in [5.41, 5.74) is 0.343. The molecular formula is C22H27F3O. The van der Waals surface area contributed by atoms with E-state index in [1.807, 2.05) is 0 Å². The second kappa shape index (κ2) is 8.32. The molecule has 0 unspecified atom stereocenters. The lowest BCUT2D eigenvalue weighted by Crippen LogP contribution is -2.15. The van der Waals surface area contributed by atoms with Crippen LogP contribution < -0.4 is 4.74 Å². The van der Waals surface area contributed by atoms with Crippen LogP contribution >= 0.6 is 0 Å². The lowest BCUT2D eigenvalue weighted by Gasteiger charge is -2.28. The highest BCUT2D eigenvalue weighted by atomic mass is 19.2. The van der Waals surface area contributed by atoms with Crippen LogP contribution in [0.5, 0.6) is 5.75 Å². The number of ether oxygens (including phenoxy) is 1. The van der Waals surface area contributed by atoms with E-state index in [1.54, 1.807) is 12.1 Å². The van der Waals surface area contributed by atoms with E-state index in [0.717, 1.165) is 12.3 Å². The molecule has 4 heteroatoms. The van der Waals surface area contributed by atoms with Gasteiger partial charge >= 0.3 is 0 Å². The van der Waals surface area contributed by atoms with Crippen LogP contribution in [0.1, 0.15) is 57.4 Å². The summed E-state index contributed by atoms with van der Waals surface area (Å²) in [6, 6.07) is 4.62. The van der Waals surface area contributed by atoms with Crippen molar-refractivity contribution in [3.8, 4) is 5.75 Å². The number of fused-ring (bicyclic) bond motifs is 1. The predicted octanol–water partition coefficient (Wildman–Crippen LogP) is 6.80. The highest BCUT2D eigenvalue weighted by molar-refractivity contribution is 5.86. The number of hydrogen-bond donors (Lipinski definition) is 0. The fourth-order valence-electron chi connectivity index (χ4n) is 4.33. The van der Waals surface area contributed by atoms with Crippen molar-refractivity contribution in [2.45, 2.75) is 58.3 Å². The third kappa shape index (κ3) is 3.84. The summed E-state index contributed by atoms with van der Waals surface area (Å²) >= 11 is 0. The van der Waals surface area contributed by atoms with Crippen molar-refractivity contribution in [1.29, 1.82) is 0 Å². The molecule has 0 amide bonds. The van der Waals surface area contributed by atoms with Gasteiger partial charge in [-0.15, -0.1) is 0 Å². The van der Waals surface area contributed by atoms with E-state index >= 15 is 0 Å². The minimum absolute atomic E-state index is 0.0765. The Morgan fingerprint density at radius 2 is 1.58 bits per heavy atom. The van der Waals surface area contributed by atoms with Crippen molar-refractivity contribution in [2.75, 3.05) is 7.11 Å². The summed E-state index contributed by atoms with van der Waals surface area (Å²) in [5, 5.41) is 0.0505. The van der Waals surface area contributed by atoms with Crippen LogP contribution in [0.2, 0.25) is 0 Å². The molecule has 1 aliphatic rings. The molecule has 1 aliphatic carbocycles. The average molecular weight is 364 g/mol. The first kappa shape index (κ1) is 19.1. The van der Waals surface area contributed by atoms with Gasteiger partial charge in [0.1, 0.15) is 0 Å². The lowest BCUT2D eigenvalue weighted by atomic mass is 9.78. The van der Waals surface area contributed by atoms with Crippen LogP contribution in [0.25, 0.3) is 10.8 Å². The zero-order chi connectivity index (χ0) is 18.7. The Morgan fingerprint density at radius 1 is 0.923 bits per heavy atom. The largest absolute Gasteiger partial charge is 0.494 e. The van der Waals surface area contributed by atoms with Gasteiger partial charge < -0.3 is 4.74 Å².